The van der Waals surface area contributed by atoms with Gasteiger partial charge in [0.15, 0.2) is 0 Å². The van der Waals surface area contributed by atoms with Gasteiger partial charge in [0.25, 0.3) is 0 Å². The molecule has 2 rings (SSSR count). The minimum absolute atomic E-state index is 0.258. The molecule has 2 atom stereocenters. The van der Waals surface area contributed by atoms with Crippen LogP contribution in [0.5, 0.6) is 0 Å². The number of nitrogens with zero attached hydrogens (tertiary/aromatic N) is 1. The van der Waals surface area contributed by atoms with E-state index in [1.807, 2.05) is 11.8 Å². The third kappa shape index (κ3) is 2.53. The van der Waals surface area contributed by atoms with E-state index in [-0.39, 0.29) is 5.41 Å². The van der Waals surface area contributed by atoms with Crippen LogP contribution in [0.3, 0.4) is 0 Å². The first-order valence-electron chi connectivity index (χ1n) is 6.10. The molecule has 2 unspecified atom stereocenters. The van der Waals surface area contributed by atoms with Crippen LogP contribution < -0.4 is 0 Å². The normalized spacial score (nSPS) is 32.6. The van der Waals surface area contributed by atoms with Crippen LogP contribution in [0.15, 0.2) is 0 Å². The van der Waals surface area contributed by atoms with Crippen molar-refractivity contribution in [2.75, 3.05) is 18.1 Å². The lowest BCUT2D eigenvalue weighted by Gasteiger charge is -2.38. The monoisotopic (exact) mass is 259 g/mol. The van der Waals surface area contributed by atoms with Gasteiger partial charge in [-0.25, -0.2) is 0 Å². The molecule has 0 aromatic heterocycles. The zero-order valence-electron chi connectivity index (χ0n) is 10.1. The first-order chi connectivity index (χ1) is 7.58. The van der Waals surface area contributed by atoms with Crippen molar-refractivity contribution in [3.05, 3.63) is 0 Å². The zero-order chi connectivity index (χ0) is 11.8. The number of rotatable bonds is 3. The molecular formula is C12H21NOS2. The summed E-state index contributed by atoms with van der Waals surface area (Å²) in [6.07, 6.45) is 3.10. The lowest BCUT2D eigenvalue weighted by molar-refractivity contribution is -0.134. The zero-order valence-corrected chi connectivity index (χ0v) is 11.8. The van der Waals surface area contributed by atoms with E-state index in [2.05, 4.69) is 31.4 Å². The van der Waals surface area contributed by atoms with Crippen LogP contribution in [-0.2, 0) is 4.79 Å². The Bertz CT molecular complexity index is 278. The van der Waals surface area contributed by atoms with Crippen molar-refractivity contribution >= 4 is 30.3 Å². The predicted octanol–water partition coefficient (Wildman–Crippen LogP) is 2.44. The van der Waals surface area contributed by atoms with Gasteiger partial charge in [-0.2, -0.15) is 24.4 Å². The molecule has 92 valence electrons. The summed E-state index contributed by atoms with van der Waals surface area (Å²) in [5.41, 5.74) is 0.258. The molecule has 0 aromatic rings. The molecule has 1 saturated carbocycles. The van der Waals surface area contributed by atoms with Crippen LogP contribution in [0.25, 0.3) is 0 Å². The highest BCUT2D eigenvalue weighted by atomic mass is 32.2. The quantitative estimate of drug-likeness (QED) is 0.786. The fourth-order valence-electron chi connectivity index (χ4n) is 2.27. The fraction of sp³-hybridized carbons (Fsp3) is 0.917. The fourth-order valence-corrected chi connectivity index (χ4v) is 3.80. The molecule has 1 saturated heterocycles. The molecule has 1 aliphatic carbocycles. The molecule has 4 heteroatoms. The Morgan fingerprint density at radius 3 is 2.75 bits per heavy atom. The smallest absolute Gasteiger partial charge is 0.223 e. The topological polar surface area (TPSA) is 20.3 Å². The second-order valence-electron chi connectivity index (χ2n) is 5.24. The average molecular weight is 259 g/mol. The number of carbonyl (C=O) groups is 1. The van der Waals surface area contributed by atoms with Gasteiger partial charge in [0.1, 0.15) is 0 Å². The molecule has 1 aliphatic heterocycles. The summed E-state index contributed by atoms with van der Waals surface area (Å²) in [6.45, 7) is 5.33. The van der Waals surface area contributed by atoms with E-state index >= 15 is 0 Å². The first-order valence-corrected chi connectivity index (χ1v) is 7.78. The van der Waals surface area contributed by atoms with Crippen molar-refractivity contribution in [2.24, 2.45) is 5.41 Å². The van der Waals surface area contributed by atoms with E-state index in [9.17, 15) is 4.79 Å². The van der Waals surface area contributed by atoms with Gasteiger partial charge in [0.2, 0.25) is 5.91 Å². The van der Waals surface area contributed by atoms with Crippen molar-refractivity contribution < 1.29 is 4.79 Å². The van der Waals surface area contributed by atoms with E-state index in [0.717, 1.165) is 24.5 Å². The maximum atomic E-state index is 12.3. The SMILES string of the molecule is CC1SCCN(C(=O)CC2(CS)CC2)C1C. The maximum absolute atomic E-state index is 12.3. The van der Waals surface area contributed by atoms with Gasteiger partial charge in [-0.3, -0.25) is 4.79 Å². The number of hydrogen-bond acceptors (Lipinski definition) is 3. The summed E-state index contributed by atoms with van der Waals surface area (Å²) in [6, 6.07) is 0.391. The summed E-state index contributed by atoms with van der Waals surface area (Å²) >= 11 is 6.35. The Labute approximate surface area is 108 Å². The number of thiol groups is 1. The predicted molar refractivity (Wildman–Crippen MR) is 73.2 cm³/mol. The molecule has 0 radical (unpaired) electrons. The summed E-state index contributed by atoms with van der Waals surface area (Å²) in [5.74, 6) is 2.31. The Kier molecular flexibility index (Phi) is 3.79. The van der Waals surface area contributed by atoms with Crippen molar-refractivity contribution in [1.82, 2.24) is 4.90 Å². The summed E-state index contributed by atoms with van der Waals surface area (Å²) in [4.78, 5) is 14.3. The van der Waals surface area contributed by atoms with Crippen LogP contribution in [0.2, 0.25) is 0 Å². The Balaban J connectivity index is 1.93. The highest BCUT2D eigenvalue weighted by Crippen LogP contribution is 2.50. The van der Waals surface area contributed by atoms with Crippen molar-refractivity contribution in [2.45, 2.75) is 44.4 Å². The second kappa shape index (κ2) is 4.81. The van der Waals surface area contributed by atoms with Crippen LogP contribution >= 0.6 is 24.4 Å². The average Bonchev–Trinajstić information content (AvgIpc) is 3.02. The van der Waals surface area contributed by atoms with Crippen molar-refractivity contribution in [3.63, 3.8) is 0 Å². The molecule has 1 heterocycles. The number of thioether (sulfide) groups is 1. The lowest BCUT2D eigenvalue weighted by Crippen LogP contribution is -2.48. The van der Waals surface area contributed by atoms with Gasteiger partial charge in [0, 0.05) is 30.0 Å². The Hall–Kier alpha value is 0.170. The summed E-state index contributed by atoms with van der Waals surface area (Å²) in [7, 11) is 0. The Morgan fingerprint density at radius 2 is 2.19 bits per heavy atom. The molecule has 0 N–H and O–H groups in total. The van der Waals surface area contributed by atoms with Gasteiger partial charge >= 0.3 is 0 Å². The molecule has 16 heavy (non-hydrogen) atoms. The molecule has 2 fully saturated rings. The number of carbonyl (C=O) groups excluding carboxylic acids is 1. The molecule has 1 amide bonds. The van der Waals surface area contributed by atoms with Crippen LogP contribution in [0.1, 0.15) is 33.1 Å². The summed E-state index contributed by atoms with van der Waals surface area (Å²) < 4.78 is 0. The molecule has 2 aliphatic rings. The van der Waals surface area contributed by atoms with Crippen molar-refractivity contribution in [1.29, 1.82) is 0 Å². The lowest BCUT2D eigenvalue weighted by atomic mass is 10.0. The largest absolute Gasteiger partial charge is 0.338 e. The van der Waals surface area contributed by atoms with Crippen LogP contribution in [-0.4, -0.2) is 40.1 Å². The number of amides is 1. The van der Waals surface area contributed by atoms with Gasteiger partial charge in [-0.05, 0) is 30.9 Å². The highest BCUT2D eigenvalue weighted by molar-refractivity contribution is 8.00. The maximum Gasteiger partial charge on any atom is 0.223 e. The van der Waals surface area contributed by atoms with Gasteiger partial charge < -0.3 is 4.90 Å². The molecular weight excluding hydrogens is 238 g/mol. The standard InChI is InChI=1S/C12H21NOS2/c1-9-10(2)16-6-5-13(9)11(14)7-12(8-15)3-4-12/h9-10,15H,3-8H2,1-2H3. The van der Waals surface area contributed by atoms with E-state index < -0.39 is 0 Å². The van der Waals surface area contributed by atoms with E-state index in [0.29, 0.717) is 17.2 Å². The summed E-state index contributed by atoms with van der Waals surface area (Å²) in [5, 5.41) is 0.573. The van der Waals surface area contributed by atoms with Gasteiger partial charge in [-0.1, -0.05) is 6.92 Å². The third-order valence-corrected chi connectivity index (χ3v) is 6.03. The minimum atomic E-state index is 0.258. The minimum Gasteiger partial charge on any atom is -0.338 e. The van der Waals surface area contributed by atoms with E-state index in [1.54, 1.807) is 0 Å². The van der Waals surface area contributed by atoms with E-state index in [1.165, 1.54) is 12.8 Å². The first kappa shape index (κ1) is 12.6. The highest BCUT2D eigenvalue weighted by Gasteiger charge is 2.44. The van der Waals surface area contributed by atoms with Crippen LogP contribution in [0.4, 0.5) is 0 Å². The number of hydrogen-bond donors (Lipinski definition) is 1. The van der Waals surface area contributed by atoms with Gasteiger partial charge in [0.05, 0.1) is 0 Å². The Morgan fingerprint density at radius 1 is 1.50 bits per heavy atom. The molecule has 0 spiro atoms. The molecule has 0 bridgehead atoms. The third-order valence-electron chi connectivity index (χ3n) is 4.02. The second-order valence-corrected chi connectivity index (χ2v) is 7.04. The van der Waals surface area contributed by atoms with E-state index in [4.69, 9.17) is 0 Å². The van der Waals surface area contributed by atoms with Gasteiger partial charge in [-0.15, -0.1) is 0 Å². The molecule has 2 nitrogen and oxygen atoms in total. The molecule has 0 aromatic carbocycles. The van der Waals surface area contributed by atoms with Crippen LogP contribution in [0, 0.1) is 5.41 Å². The van der Waals surface area contributed by atoms with Crippen molar-refractivity contribution in [3.8, 4) is 0 Å².